The minimum Gasteiger partial charge on any atom is -0.134 e. The topological polar surface area (TPSA) is 0 Å². The summed E-state index contributed by atoms with van der Waals surface area (Å²) in [6, 6.07) is 7.27. The number of hydrogen-bond acceptors (Lipinski definition) is 1. The van der Waals surface area contributed by atoms with Gasteiger partial charge < -0.3 is 0 Å². The zero-order valence-electron chi connectivity index (χ0n) is 8.23. The van der Waals surface area contributed by atoms with Crippen LogP contribution in [0.3, 0.4) is 0 Å². The Kier molecular flexibility index (Phi) is 2.92. The van der Waals surface area contributed by atoms with Crippen LogP contribution in [0.4, 0.5) is 0 Å². The molecule has 0 aliphatic carbocycles. The molecule has 0 aliphatic rings. The van der Waals surface area contributed by atoms with Crippen molar-refractivity contribution in [2.24, 2.45) is 0 Å². The van der Waals surface area contributed by atoms with E-state index in [-0.39, 0.29) is 0 Å². The van der Waals surface area contributed by atoms with Crippen LogP contribution in [0, 0.1) is 0 Å². The lowest BCUT2D eigenvalue weighted by Gasteiger charge is -2.00. The number of rotatable bonds is 0. The molecule has 0 saturated carbocycles. The van der Waals surface area contributed by atoms with Crippen LogP contribution >= 0.6 is 57.7 Å². The van der Waals surface area contributed by atoms with Gasteiger partial charge in [0.25, 0.3) is 0 Å². The van der Waals surface area contributed by atoms with Gasteiger partial charge in [0, 0.05) is 15.5 Å². The molecule has 0 amide bonds. The summed E-state index contributed by atoms with van der Waals surface area (Å²) in [5.41, 5.74) is 0. The van der Waals surface area contributed by atoms with Gasteiger partial charge in [-0.15, -0.1) is 11.3 Å². The highest BCUT2D eigenvalue weighted by Gasteiger charge is 2.15. The lowest BCUT2D eigenvalue weighted by atomic mass is 10.1. The van der Waals surface area contributed by atoms with Gasteiger partial charge >= 0.3 is 0 Å². The zero-order chi connectivity index (χ0) is 12.2. The molecule has 1 heterocycles. The molecule has 1 aromatic heterocycles. The molecule has 0 bridgehead atoms. The average Bonchev–Trinajstić information content (AvgIpc) is 2.70. The van der Waals surface area contributed by atoms with Gasteiger partial charge in [-0.25, -0.2) is 0 Å². The van der Waals surface area contributed by atoms with E-state index in [9.17, 15) is 0 Å². The molecule has 0 N–H and O–H groups in total. The maximum atomic E-state index is 6.24. The second kappa shape index (κ2) is 4.18. The number of thiophene rings is 1. The maximum Gasteiger partial charge on any atom is 0.0685 e. The first-order chi connectivity index (χ1) is 8.09. The minimum atomic E-state index is 0.523. The summed E-state index contributed by atoms with van der Waals surface area (Å²) in [6.07, 6.45) is 0. The number of benzene rings is 2. The van der Waals surface area contributed by atoms with E-state index in [0.717, 1.165) is 20.2 Å². The fraction of sp³-hybridized carbons (Fsp3) is 0. The Morgan fingerprint density at radius 3 is 2.12 bits per heavy atom. The van der Waals surface area contributed by atoms with Crippen molar-refractivity contribution in [1.29, 1.82) is 0 Å². The highest BCUT2D eigenvalue weighted by molar-refractivity contribution is 7.26. The molecule has 0 spiro atoms. The van der Waals surface area contributed by atoms with Gasteiger partial charge in [0.1, 0.15) is 0 Å². The molecule has 5 heteroatoms. The molecular weight excluding hydrogens is 318 g/mol. The summed E-state index contributed by atoms with van der Waals surface area (Å²) in [6.45, 7) is 0. The summed E-state index contributed by atoms with van der Waals surface area (Å²) in [5.74, 6) is 0. The fourth-order valence-corrected chi connectivity index (χ4v) is 4.02. The van der Waals surface area contributed by atoms with E-state index >= 15 is 0 Å². The van der Waals surface area contributed by atoms with Crippen molar-refractivity contribution in [3.05, 3.63) is 44.4 Å². The van der Waals surface area contributed by atoms with Crippen LogP contribution in [0.25, 0.3) is 20.2 Å². The van der Waals surface area contributed by atoms with Gasteiger partial charge in [-0.05, 0) is 24.3 Å². The predicted molar refractivity (Wildman–Crippen MR) is 79.4 cm³/mol. The Morgan fingerprint density at radius 2 is 1.35 bits per heavy atom. The van der Waals surface area contributed by atoms with Crippen LogP contribution in [0.1, 0.15) is 0 Å². The van der Waals surface area contributed by atoms with E-state index in [4.69, 9.17) is 46.4 Å². The van der Waals surface area contributed by atoms with E-state index in [1.165, 1.54) is 0 Å². The Balaban J connectivity index is 2.67. The van der Waals surface area contributed by atoms with Crippen molar-refractivity contribution >= 4 is 77.9 Å². The smallest absolute Gasteiger partial charge is 0.0685 e. The SMILES string of the molecule is Clc1ccc2sc3c(Cl)ccc(Cl)c3c2c1Cl. The minimum absolute atomic E-state index is 0.523. The molecular formula is C12H4Cl4S. The molecule has 0 radical (unpaired) electrons. The molecule has 2 aromatic carbocycles. The lowest BCUT2D eigenvalue weighted by molar-refractivity contribution is 1.83. The van der Waals surface area contributed by atoms with Crippen molar-refractivity contribution in [2.75, 3.05) is 0 Å². The Morgan fingerprint density at radius 1 is 0.706 bits per heavy atom. The van der Waals surface area contributed by atoms with E-state index in [1.807, 2.05) is 6.07 Å². The third-order valence-electron chi connectivity index (χ3n) is 2.58. The number of halogens is 4. The van der Waals surface area contributed by atoms with Crippen molar-refractivity contribution in [3.8, 4) is 0 Å². The molecule has 0 nitrogen and oxygen atoms in total. The Bertz CT molecular complexity index is 745. The predicted octanol–water partition coefficient (Wildman–Crippen LogP) is 6.67. The first-order valence-corrected chi connectivity index (χ1v) is 7.06. The molecule has 3 aromatic rings. The highest BCUT2D eigenvalue weighted by atomic mass is 35.5. The molecule has 86 valence electrons. The number of hydrogen-bond donors (Lipinski definition) is 0. The van der Waals surface area contributed by atoms with Gasteiger partial charge in [-0.3, -0.25) is 0 Å². The quantitative estimate of drug-likeness (QED) is 0.434. The summed E-state index contributed by atoms with van der Waals surface area (Å²) in [7, 11) is 0. The average molecular weight is 322 g/mol. The van der Waals surface area contributed by atoms with Gasteiger partial charge in [0.2, 0.25) is 0 Å². The van der Waals surface area contributed by atoms with Gasteiger partial charge in [-0.1, -0.05) is 46.4 Å². The second-order valence-electron chi connectivity index (χ2n) is 3.57. The van der Waals surface area contributed by atoms with Crippen LogP contribution in [-0.4, -0.2) is 0 Å². The zero-order valence-corrected chi connectivity index (χ0v) is 12.1. The normalized spacial score (nSPS) is 11.5. The molecule has 0 saturated heterocycles. The van der Waals surface area contributed by atoms with Crippen LogP contribution < -0.4 is 0 Å². The van der Waals surface area contributed by atoms with Crippen LogP contribution in [0.15, 0.2) is 24.3 Å². The Hall–Kier alpha value is -0.180. The van der Waals surface area contributed by atoms with Gasteiger partial charge in [0.05, 0.1) is 24.8 Å². The van der Waals surface area contributed by atoms with Crippen molar-refractivity contribution in [1.82, 2.24) is 0 Å². The van der Waals surface area contributed by atoms with E-state index in [1.54, 1.807) is 29.5 Å². The van der Waals surface area contributed by atoms with E-state index in [2.05, 4.69) is 0 Å². The Labute approximate surface area is 122 Å². The largest absolute Gasteiger partial charge is 0.134 e. The molecule has 0 atom stereocenters. The maximum absolute atomic E-state index is 6.24. The molecule has 17 heavy (non-hydrogen) atoms. The summed E-state index contributed by atoms with van der Waals surface area (Å²) in [4.78, 5) is 0. The van der Waals surface area contributed by atoms with E-state index in [0.29, 0.717) is 20.1 Å². The van der Waals surface area contributed by atoms with Crippen molar-refractivity contribution in [2.45, 2.75) is 0 Å². The summed E-state index contributed by atoms with van der Waals surface area (Å²) in [5, 5.41) is 4.13. The fourth-order valence-electron chi connectivity index (χ4n) is 1.83. The lowest BCUT2D eigenvalue weighted by Crippen LogP contribution is -1.73. The van der Waals surface area contributed by atoms with E-state index < -0.39 is 0 Å². The van der Waals surface area contributed by atoms with Gasteiger partial charge in [-0.2, -0.15) is 0 Å². The molecule has 3 rings (SSSR count). The first kappa shape index (κ1) is 11.9. The second-order valence-corrected chi connectivity index (χ2v) is 6.22. The molecule has 0 fully saturated rings. The van der Waals surface area contributed by atoms with Crippen LogP contribution in [0.2, 0.25) is 20.1 Å². The van der Waals surface area contributed by atoms with Crippen LogP contribution in [0.5, 0.6) is 0 Å². The van der Waals surface area contributed by atoms with Gasteiger partial charge in [0.15, 0.2) is 0 Å². The molecule has 0 aliphatic heterocycles. The third-order valence-corrected chi connectivity index (χ3v) is 5.31. The highest BCUT2D eigenvalue weighted by Crippen LogP contribution is 2.45. The third kappa shape index (κ3) is 1.73. The summed E-state index contributed by atoms with van der Waals surface area (Å²) >= 11 is 26.2. The standard InChI is InChI=1S/C12H4Cl4S/c13-5-1-2-7(15)12-9(5)10-8(17-12)4-3-6(14)11(10)16/h1-4H. The summed E-state index contributed by atoms with van der Waals surface area (Å²) < 4.78 is 1.97. The molecule has 0 unspecified atom stereocenters. The van der Waals surface area contributed by atoms with Crippen molar-refractivity contribution < 1.29 is 0 Å². The number of fused-ring (bicyclic) bond motifs is 3. The monoisotopic (exact) mass is 320 g/mol. The first-order valence-electron chi connectivity index (χ1n) is 4.74. The van der Waals surface area contributed by atoms with Crippen LogP contribution in [-0.2, 0) is 0 Å². The van der Waals surface area contributed by atoms with Crippen molar-refractivity contribution in [3.63, 3.8) is 0 Å².